The van der Waals surface area contributed by atoms with E-state index < -0.39 is 5.54 Å². The van der Waals surface area contributed by atoms with Gasteiger partial charge in [0.2, 0.25) is 0 Å². The first-order valence-corrected chi connectivity index (χ1v) is 4.60. The van der Waals surface area contributed by atoms with Crippen LogP contribution in [0.15, 0.2) is 6.07 Å². The van der Waals surface area contributed by atoms with Gasteiger partial charge >= 0.3 is 0 Å². The molecule has 0 aliphatic rings. The Morgan fingerprint density at radius 1 is 1.67 bits per heavy atom. The van der Waals surface area contributed by atoms with Crippen LogP contribution >= 0.6 is 0 Å². The first kappa shape index (κ1) is 11.2. The lowest BCUT2D eigenvalue weighted by molar-refractivity contribution is 0.0919. The van der Waals surface area contributed by atoms with Crippen LogP contribution in [0.4, 0.5) is 0 Å². The molecule has 0 aromatic carbocycles. The van der Waals surface area contributed by atoms with Crippen LogP contribution < -0.4 is 5.32 Å². The summed E-state index contributed by atoms with van der Waals surface area (Å²) in [4.78, 5) is 11.7. The van der Waals surface area contributed by atoms with Crippen molar-refractivity contribution in [3.63, 3.8) is 0 Å². The molecule has 0 unspecified atom stereocenters. The molecule has 1 rings (SSSR count). The third-order valence-electron chi connectivity index (χ3n) is 1.94. The van der Waals surface area contributed by atoms with Crippen molar-refractivity contribution in [3.05, 3.63) is 17.5 Å². The molecule has 1 amide bonds. The van der Waals surface area contributed by atoms with Gasteiger partial charge in [-0.15, -0.1) is 0 Å². The zero-order valence-electron chi connectivity index (χ0n) is 9.33. The second kappa shape index (κ2) is 3.73. The van der Waals surface area contributed by atoms with E-state index in [1.54, 1.807) is 27.0 Å². The molecule has 0 saturated heterocycles. The number of carbonyl (C=O) groups is 1. The molecule has 1 aromatic rings. The van der Waals surface area contributed by atoms with E-state index in [9.17, 15) is 4.79 Å². The van der Waals surface area contributed by atoms with Gasteiger partial charge in [0.15, 0.2) is 0 Å². The molecule has 0 bridgehead atoms. The van der Waals surface area contributed by atoms with E-state index in [4.69, 9.17) is 5.26 Å². The van der Waals surface area contributed by atoms with Gasteiger partial charge in [-0.25, -0.2) is 0 Å². The zero-order valence-corrected chi connectivity index (χ0v) is 9.33. The van der Waals surface area contributed by atoms with Crippen molar-refractivity contribution in [2.24, 2.45) is 7.05 Å². The molecule has 1 N–H and O–H groups in total. The highest BCUT2D eigenvalue weighted by Gasteiger charge is 2.22. The molecule has 0 radical (unpaired) electrons. The van der Waals surface area contributed by atoms with Crippen LogP contribution in [-0.4, -0.2) is 21.2 Å². The van der Waals surface area contributed by atoms with Crippen LogP contribution in [-0.2, 0) is 7.05 Å². The topological polar surface area (TPSA) is 70.7 Å². The summed E-state index contributed by atoms with van der Waals surface area (Å²) in [5.74, 6) is -0.287. The van der Waals surface area contributed by atoms with Crippen molar-refractivity contribution < 1.29 is 4.79 Å². The fraction of sp³-hybridized carbons (Fsp3) is 0.500. The quantitative estimate of drug-likeness (QED) is 0.776. The number of rotatable bonds is 2. The van der Waals surface area contributed by atoms with Gasteiger partial charge < -0.3 is 5.32 Å². The lowest BCUT2D eigenvalue weighted by Crippen LogP contribution is -2.42. The number of aryl methyl sites for hydroxylation is 2. The van der Waals surface area contributed by atoms with Crippen LogP contribution in [0.25, 0.3) is 0 Å². The van der Waals surface area contributed by atoms with Crippen molar-refractivity contribution in [2.45, 2.75) is 26.3 Å². The molecule has 0 atom stereocenters. The Kier molecular flexibility index (Phi) is 2.80. The van der Waals surface area contributed by atoms with Gasteiger partial charge in [-0.05, 0) is 26.8 Å². The third kappa shape index (κ3) is 2.56. The number of hydrogen-bond acceptors (Lipinski definition) is 3. The fourth-order valence-electron chi connectivity index (χ4n) is 1.20. The molecule has 0 fully saturated rings. The Hall–Kier alpha value is -1.83. The largest absolute Gasteiger partial charge is 0.333 e. The summed E-state index contributed by atoms with van der Waals surface area (Å²) in [7, 11) is 1.70. The summed E-state index contributed by atoms with van der Waals surface area (Å²) in [6.07, 6.45) is 0. The van der Waals surface area contributed by atoms with E-state index in [1.807, 2.05) is 13.0 Å². The molecule has 5 nitrogen and oxygen atoms in total. The van der Waals surface area contributed by atoms with Gasteiger partial charge in [0.05, 0.1) is 11.8 Å². The Morgan fingerprint density at radius 2 is 2.27 bits per heavy atom. The Morgan fingerprint density at radius 3 is 2.67 bits per heavy atom. The standard InChI is InChI=1S/C10H14N4O/c1-7-5-8(14(4)13-7)9(15)12-10(2,3)6-11/h5H,1-4H3,(H,12,15). The number of amides is 1. The number of aromatic nitrogens is 2. The van der Waals surface area contributed by atoms with Crippen molar-refractivity contribution >= 4 is 5.91 Å². The monoisotopic (exact) mass is 206 g/mol. The maximum absolute atomic E-state index is 11.7. The summed E-state index contributed by atoms with van der Waals surface area (Å²) in [6.45, 7) is 5.11. The predicted octanol–water partition coefficient (Wildman–Crippen LogP) is 0.760. The number of nitrogens with one attached hydrogen (secondary N) is 1. The van der Waals surface area contributed by atoms with Crippen molar-refractivity contribution in [1.29, 1.82) is 5.26 Å². The van der Waals surface area contributed by atoms with Gasteiger partial charge in [-0.1, -0.05) is 0 Å². The van der Waals surface area contributed by atoms with Gasteiger partial charge in [-0.2, -0.15) is 10.4 Å². The molecular weight excluding hydrogens is 192 g/mol. The first-order chi connectivity index (χ1) is 6.85. The van der Waals surface area contributed by atoms with Crippen molar-refractivity contribution in [1.82, 2.24) is 15.1 Å². The lowest BCUT2D eigenvalue weighted by atomic mass is 10.1. The van der Waals surface area contributed by atoms with Gasteiger partial charge in [0.25, 0.3) is 5.91 Å². The molecule has 15 heavy (non-hydrogen) atoms. The lowest BCUT2D eigenvalue weighted by Gasteiger charge is -2.17. The normalized spacial score (nSPS) is 10.9. The van der Waals surface area contributed by atoms with Crippen LogP contribution in [0.5, 0.6) is 0 Å². The maximum atomic E-state index is 11.7. The summed E-state index contributed by atoms with van der Waals surface area (Å²) in [5, 5.41) is 15.5. The number of nitriles is 1. The van der Waals surface area contributed by atoms with E-state index in [2.05, 4.69) is 10.4 Å². The Labute approximate surface area is 88.7 Å². The smallest absolute Gasteiger partial charge is 0.270 e. The second-order valence-corrected chi connectivity index (χ2v) is 3.99. The minimum Gasteiger partial charge on any atom is -0.333 e. The second-order valence-electron chi connectivity index (χ2n) is 3.99. The molecule has 80 valence electrons. The Bertz CT molecular complexity index is 425. The van der Waals surface area contributed by atoms with Crippen LogP contribution in [0.1, 0.15) is 30.0 Å². The number of carbonyl (C=O) groups excluding carboxylic acids is 1. The molecule has 0 spiro atoms. The van der Waals surface area contributed by atoms with Gasteiger partial charge in [0.1, 0.15) is 11.2 Å². The van der Waals surface area contributed by atoms with Crippen molar-refractivity contribution in [3.8, 4) is 6.07 Å². The van der Waals surface area contributed by atoms with Gasteiger partial charge in [0, 0.05) is 7.05 Å². The molecule has 1 heterocycles. The maximum Gasteiger partial charge on any atom is 0.270 e. The number of hydrogen-bond donors (Lipinski definition) is 1. The highest BCUT2D eigenvalue weighted by Crippen LogP contribution is 2.05. The average molecular weight is 206 g/mol. The molecule has 1 aromatic heterocycles. The molecule has 5 heteroatoms. The van der Waals surface area contributed by atoms with E-state index >= 15 is 0 Å². The third-order valence-corrected chi connectivity index (χ3v) is 1.94. The minimum absolute atomic E-state index is 0.287. The summed E-state index contributed by atoms with van der Waals surface area (Å²) >= 11 is 0. The molecule has 0 saturated carbocycles. The van der Waals surface area contributed by atoms with E-state index in [0.29, 0.717) is 5.69 Å². The van der Waals surface area contributed by atoms with Crippen LogP contribution in [0.3, 0.4) is 0 Å². The van der Waals surface area contributed by atoms with E-state index in [0.717, 1.165) is 5.69 Å². The van der Waals surface area contributed by atoms with Crippen LogP contribution in [0.2, 0.25) is 0 Å². The fourth-order valence-corrected chi connectivity index (χ4v) is 1.20. The van der Waals surface area contributed by atoms with E-state index in [-0.39, 0.29) is 5.91 Å². The predicted molar refractivity (Wildman–Crippen MR) is 55.1 cm³/mol. The zero-order chi connectivity index (χ0) is 11.6. The highest BCUT2D eigenvalue weighted by atomic mass is 16.2. The summed E-state index contributed by atoms with van der Waals surface area (Å²) < 4.78 is 1.50. The van der Waals surface area contributed by atoms with Gasteiger partial charge in [-0.3, -0.25) is 9.48 Å². The molecular formula is C10H14N4O. The highest BCUT2D eigenvalue weighted by molar-refractivity contribution is 5.93. The summed E-state index contributed by atoms with van der Waals surface area (Å²) in [5.41, 5.74) is 0.364. The first-order valence-electron chi connectivity index (χ1n) is 4.60. The van der Waals surface area contributed by atoms with Crippen molar-refractivity contribution in [2.75, 3.05) is 0 Å². The average Bonchev–Trinajstić information content (AvgIpc) is 2.45. The number of nitrogens with zero attached hydrogens (tertiary/aromatic N) is 3. The van der Waals surface area contributed by atoms with E-state index in [1.165, 1.54) is 4.68 Å². The molecule has 0 aliphatic carbocycles. The molecule has 0 aliphatic heterocycles. The Balaban J connectivity index is 2.88. The van der Waals surface area contributed by atoms with Crippen LogP contribution in [0, 0.1) is 18.3 Å². The summed E-state index contributed by atoms with van der Waals surface area (Å²) in [6, 6.07) is 3.69. The SMILES string of the molecule is Cc1cc(C(=O)NC(C)(C)C#N)n(C)n1. The minimum atomic E-state index is -0.866.